The fraction of sp³-hybridized carbons (Fsp3) is 0.500. The van der Waals surface area contributed by atoms with Crippen molar-refractivity contribution in [3.63, 3.8) is 0 Å². The summed E-state index contributed by atoms with van der Waals surface area (Å²) in [6.07, 6.45) is 5.84. The molecule has 1 saturated carbocycles. The molecule has 2 rings (SSSR count). The van der Waals surface area contributed by atoms with E-state index in [1.807, 2.05) is 0 Å². The first kappa shape index (κ1) is 14.5. The average molecular weight is 277 g/mol. The number of aromatic nitrogens is 1. The Morgan fingerprint density at radius 2 is 2.20 bits per heavy atom. The fourth-order valence-electron chi connectivity index (χ4n) is 1.63. The van der Waals surface area contributed by atoms with Crippen molar-refractivity contribution >= 4 is 17.5 Å². The van der Waals surface area contributed by atoms with Gasteiger partial charge in [-0.1, -0.05) is 0 Å². The van der Waals surface area contributed by atoms with E-state index in [0.29, 0.717) is 24.8 Å². The van der Waals surface area contributed by atoms with Crippen LogP contribution in [0.25, 0.3) is 0 Å². The van der Waals surface area contributed by atoms with Crippen molar-refractivity contribution in [1.29, 1.82) is 0 Å². The van der Waals surface area contributed by atoms with E-state index in [1.165, 1.54) is 12.8 Å². The summed E-state index contributed by atoms with van der Waals surface area (Å²) < 4.78 is 5.25. The number of carbonyl (C=O) groups excluding carboxylic acids is 2. The van der Waals surface area contributed by atoms with Crippen LogP contribution in [0, 0.1) is 5.92 Å². The number of nitrogens with zero attached hydrogens (tertiary/aromatic N) is 1. The molecule has 0 spiro atoms. The number of rotatable bonds is 8. The van der Waals surface area contributed by atoms with Gasteiger partial charge in [-0.3, -0.25) is 14.6 Å². The third-order valence-corrected chi connectivity index (χ3v) is 2.90. The molecule has 0 radical (unpaired) electrons. The predicted molar refractivity (Wildman–Crippen MR) is 74.0 cm³/mol. The zero-order chi connectivity index (χ0) is 14.2. The molecule has 20 heavy (non-hydrogen) atoms. The van der Waals surface area contributed by atoms with Gasteiger partial charge in [0.2, 0.25) is 11.8 Å². The first-order chi connectivity index (χ1) is 9.74. The Bertz CT molecular complexity index is 446. The molecule has 0 aromatic carbocycles. The monoisotopic (exact) mass is 277 g/mol. The molecule has 0 atom stereocenters. The van der Waals surface area contributed by atoms with E-state index < -0.39 is 0 Å². The van der Waals surface area contributed by atoms with E-state index in [9.17, 15) is 9.59 Å². The topological polar surface area (TPSA) is 80.3 Å². The van der Waals surface area contributed by atoms with Gasteiger partial charge in [0.05, 0.1) is 18.5 Å². The number of amides is 2. The number of anilines is 1. The van der Waals surface area contributed by atoms with Crippen molar-refractivity contribution in [2.24, 2.45) is 5.92 Å². The first-order valence-electron chi connectivity index (χ1n) is 6.78. The van der Waals surface area contributed by atoms with Crippen LogP contribution in [-0.2, 0) is 14.3 Å². The molecule has 0 bridgehead atoms. The van der Waals surface area contributed by atoms with Crippen molar-refractivity contribution in [1.82, 2.24) is 10.3 Å². The molecule has 0 unspecified atom stereocenters. The minimum absolute atomic E-state index is 0.0702. The van der Waals surface area contributed by atoms with Crippen molar-refractivity contribution in [3.8, 4) is 0 Å². The van der Waals surface area contributed by atoms with Crippen molar-refractivity contribution < 1.29 is 14.3 Å². The smallest absolute Gasteiger partial charge is 0.246 e. The van der Waals surface area contributed by atoms with Crippen LogP contribution in [0.4, 0.5) is 5.69 Å². The Morgan fingerprint density at radius 1 is 1.35 bits per heavy atom. The second kappa shape index (κ2) is 7.59. The van der Waals surface area contributed by atoms with Gasteiger partial charge in [0.15, 0.2) is 0 Å². The second-order valence-electron chi connectivity index (χ2n) is 4.85. The predicted octanol–water partition coefficient (Wildman–Crippen LogP) is 0.953. The van der Waals surface area contributed by atoms with Crippen LogP contribution in [0.1, 0.15) is 19.3 Å². The molecule has 2 amide bonds. The maximum atomic E-state index is 11.6. The van der Waals surface area contributed by atoms with Crippen LogP contribution in [0.15, 0.2) is 24.5 Å². The van der Waals surface area contributed by atoms with Gasteiger partial charge in [-0.25, -0.2) is 0 Å². The molecular formula is C14H19N3O3. The lowest BCUT2D eigenvalue weighted by molar-refractivity contribution is -0.125. The van der Waals surface area contributed by atoms with Crippen LogP contribution < -0.4 is 10.6 Å². The minimum Gasteiger partial charge on any atom is -0.371 e. The molecule has 1 fully saturated rings. The Labute approximate surface area is 117 Å². The minimum atomic E-state index is -0.181. The number of hydrogen-bond acceptors (Lipinski definition) is 4. The van der Waals surface area contributed by atoms with Gasteiger partial charge in [-0.05, 0) is 30.9 Å². The molecule has 0 aliphatic heterocycles. The van der Waals surface area contributed by atoms with Gasteiger partial charge >= 0.3 is 0 Å². The maximum absolute atomic E-state index is 11.6. The summed E-state index contributed by atoms with van der Waals surface area (Å²) in [6.45, 7) is 1.04. The highest BCUT2D eigenvalue weighted by atomic mass is 16.5. The van der Waals surface area contributed by atoms with Crippen molar-refractivity contribution in [2.75, 3.05) is 25.1 Å². The van der Waals surface area contributed by atoms with Crippen LogP contribution in [0.5, 0.6) is 0 Å². The normalized spacial score (nSPS) is 13.8. The second-order valence-corrected chi connectivity index (χ2v) is 4.85. The number of ether oxygens (including phenoxy) is 1. The average Bonchev–Trinajstić information content (AvgIpc) is 3.24. The summed E-state index contributed by atoms with van der Waals surface area (Å²) in [7, 11) is 0. The molecule has 0 saturated heterocycles. The molecule has 6 heteroatoms. The van der Waals surface area contributed by atoms with E-state index in [4.69, 9.17) is 4.74 Å². The lowest BCUT2D eigenvalue weighted by Crippen LogP contribution is -2.30. The molecule has 1 aromatic heterocycles. The Kier molecular flexibility index (Phi) is 5.49. The molecule has 1 aliphatic carbocycles. The highest BCUT2D eigenvalue weighted by Crippen LogP contribution is 2.28. The standard InChI is InChI=1S/C14H19N3O3/c18-13(17-12-2-1-6-15-8-12)5-7-16-14(19)10-20-9-11-3-4-11/h1-2,6,8,11H,3-5,7,9-10H2,(H,16,19)(H,17,18). The summed E-state index contributed by atoms with van der Waals surface area (Å²) in [5.41, 5.74) is 0.650. The third-order valence-electron chi connectivity index (χ3n) is 2.90. The summed E-state index contributed by atoms with van der Waals surface area (Å²) in [4.78, 5) is 26.9. The first-order valence-corrected chi connectivity index (χ1v) is 6.78. The van der Waals surface area contributed by atoms with Gasteiger partial charge in [0.25, 0.3) is 0 Å². The van der Waals surface area contributed by atoms with E-state index in [2.05, 4.69) is 15.6 Å². The molecule has 6 nitrogen and oxygen atoms in total. The Balaban J connectivity index is 1.53. The number of carbonyl (C=O) groups is 2. The van der Waals surface area contributed by atoms with Crippen LogP contribution in [-0.4, -0.2) is 36.6 Å². The summed E-state index contributed by atoms with van der Waals surface area (Å²) in [6, 6.07) is 3.50. The summed E-state index contributed by atoms with van der Waals surface area (Å²) >= 11 is 0. The number of hydrogen-bond donors (Lipinski definition) is 2. The SMILES string of the molecule is O=C(COCC1CC1)NCCC(=O)Nc1cccnc1. The molecule has 1 heterocycles. The van der Waals surface area contributed by atoms with Crippen molar-refractivity contribution in [3.05, 3.63) is 24.5 Å². The maximum Gasteiger partial charge on any atom is 0.246 e. The molecule has 2 N–H and O–H groups in total. The fourth-order valence-corrected chi connectivity index (χ4v) is 1.63. The summed E-state index contributed by atoms with van der Waals surface area (Å²) in [5, 5.41) is 5.35. The molecule has 1 aliphatic rings. The van der Waals surface area contributed by atoms with Gasteiger partial charge in [0, 0.05) is 19.2 Å². The Hall–Kier alpha value is -1.95. The molecule has 108 valence electrons. The van der Waals surface area contributed by atoms with Gasteiger partial charge in [0.1, 0.15) is 6.61 Å². The quantitative estimate of drug-likeness (QED) is 0.741. The third kappa shape index (κ3) is 5.79. The van der Waals surface area contributed by atoms with Crippen molar-refractivity contribution in [2.45, 2.75) is 19.3 Å². The van der Waals surface area contributed by atoms with E-state index in [1.54, 1.807) is 24.5 Å². The van der Waals surface area contributed by atoms with E-state index in [0.717, 1.165) is 0 Å². The van der Waals surface area contributed by atoms with E-state index in [-0.39, 0.29) is 24.8 Å². The lowest BCUT2D eigenvalue weighted by atomic mass is 10.3. The molecular weight excluding hydrogens is 258 g/mol. The zero-order valence-electron chi connectivity index (χ0n) is 11.3. The van der Waals surface area contributed by atoms with E-state index >= 15 is 0 Å². The van der Waals surface area contributed by atoms with Gasteiger partial charge < -0.3 is 15.4 Å². The van der Waals surface area contributed by atoms with Crippen LogP contribution in [0.3, 0.4) is 0 Å². The zero-order valence-corrected chi connectivity index (χ0v) is 11.3. The van der Waals surface area contributed by atoms with Crippen LogP contribution in [0.2, 0.25) is 0 Å². The van der Waals surface area contributed by atoms with Gasteiger partial charge in [-0.2, -0.15) is 0 Å². The Morgan fingerprint density at radius 3 is 2.90 bits per heavy atom. The lowest BCUT2D eigenvalue weighted by Gasteiger charge is -2.07. The highest BCUT2D eigenvalue weighted by Gasteiger charge is 2.21. The largest absolute Gasteiger partial charge is 0.371 e. The highest BCUT2D eigenvalue weighted by molar-refractivity contribution is 5.90. The van der Waals surface area contributed by atoms with Crippen LogP contribution >= 0.6 is 0 Å². The summed E-state index contributed by atoms with van der Waals surface area (Å²) in [5.74, 6) is 0.310. The van der Waals surface area contributed by atoms with Gasteiger partial charge in [-0.15, -0.1) is 0 Å². The number of pyridine rings is 1. The number of nitrogens with one attached hydrogen (secondary N) is 2. The molecule has 1 aromatic rings.